The summed E-state index contributed by atoms with van der Waals surface area (Å²) >= 11 is 1.24. The summed E-state index contributed by atoms with van der Waals surface area (Å²) in [7, 11) is 0. The summed E-state index contributed by atoms with van der Waals surface area (Å²) in [5, 5.41) is 11.6. The molecule has 3 aromatic rings. The number of rotatable bonds is 7. The summed E-state index contributed by atoms with van der Waals surface area (Å²) in [6.07, 6.45) is 1.02. The summed E-state index contributed by atoms with van der Waals surface area (Å²) in [5.41, 5.74) is 4.22. The second kappa shape index (κ2) is 9.47. The maximum absolute atomic E-state index is 12.4. The van der Waals surface area contributed by atoms with Crippen molar-refractivity contribution in [1.82, 2.24) is 10.2 Å². The van der Waals surface area contributed by atoms with E-state index in [-0.39, 0.29) is 17.1 Å². The number of carbonyl (C=O) groups excluding carboxylic acids is 1. The van der Waals surface area contributed by atoms with Gasteiger partial charge in [-0.1, -0.05) is 76.7 Å². The number of thioether (sulfide) groups is 1. The molecule has 2 aromatic carbocycles. The van der Waals surface area contributed by atoms with Crippen LogP contribution in [0.1, 0.15) is 58.1 Å². The summed E-state index contributed by atoms with van der Waals surface area (Å²) in [4.78, 5) is 12.4. The van der Waals surface area contributed by atoms with Crippen LogP contribution in [-0.4, -0.2) is 21.9 Å². The number of carbonyl (C=O) groups is 1. The number of anilines is 1. The molecule has 1 heterocycles. The van der Waals surface area contributed by atoms with Crippen LogP contribution in [0.25, 0.3) is 11.5 Å². The average Bonchev–Trinajstić information content (AvgIpc) is 3.21. The minimum absolute atomic E-state index is 0.0925. The van der Waals surface area contributed by atoms with Crippen molar-refractivity contribution in [2.45, 2.75) is 57.6 Å². The highest BCUT2D eigenvalue weighted by Crippen LogP contribution is 2.28. The molecule has 158 valence electrons. The van der Waals surface area contributed by atoms with Gasteiger partial charge in [0.2, 0.25) is 11.8 Å². The molecule has 1 atom stereocenters. The predicted octanol–water partition coefficient (Wildman–Crippen LogP) is 6.28. The highest BCUT2D eigenvalue weighted by atomic mass is 32.2. The monoisotopic (exact) mass is 423 g/mol. The Bertz CT molecular complexity index is 990. The van der Waals surface area contributed by atoms with Crippen molar-refractivity contribution in [2.75, 3.05) is 11.1 Å². The molecular formula is C24H29N3O2S. The minimum Gasteiger partial charge on any atom is -0.411 e. The Labute approximate surface area is 182 Å². The molecule has 6 heteroatoms. The number of hydrogen-bond donors (Lipinski definition) is 1. The van der Waals surface area contributed by atoms with Crippen LogP contribution in [0.5, 0.6) is 0 Å². The van der Waals surface area contributed by atoms with Crippen molar-refractivity contribution in [1.29, 1.82) is 0 Å². The molecule has 0 aliphatic rings. The van der Waals surface area contributed by atoms with E-state index in [1.165, 1.54) is 17.3 Å². The fourth-order valence-corrected chi connectivity index (χ4v) is 3.63. The van der Waals surface area contributed by atoms with E-state index >= 15 is 0 Å². The number of amides is 1. The highest BCUT2D eigenvalue weighted by Gasteiger charge is 2.16. The minimum atomic E-state index is -0.0926. The molecular weight excluding hydrogens is 394 g/mol. The first kappa shape index (κ1) is 22.1. The molecule has 0 saturated heterocycles. The van der Waals surface area contributed by atoms with Gasteiger partial charge in [-0.25, -0.2) is 0 Å². The van der Waals surface area contributed by atoms with Gasteiger partial charge in [0.1, 0.15) is 0 Å². The van der Waals surface area contributed by atoms with Crippen molar-refractivity contribution in [2.24, 2.45) is 0 Å². The van der Waals surface area contributed by atoms with Gasteiger partial charge in [0, 0.05) is 11.3 Å². The van der Waals surface area contributed by atoms with Gasteiger partial charge in [0.25, 0.3) is 5.22 Å². The fourth-order valence-electron chi connectivity index (χ4n) is 3.07. The van der Waals surface area contributed by atoms with E-state index in [0.29, 0.717) is 17.0 Å². The van der Waals surface area contributed by atoms with E-state index in [1.54, 1.807) is 0 Å². The molecule has 30 heavy (non-hydrogen) atoms. The quantitative estimate of drug-likeness (QED) is 0.453. The number of benzene rings is 2. The maximum atomic E-state index is 12.4. The molecule has 1 amide bonds. The largest absolute Gasteiger partial charge is 0.411 e. The summed E-state index contributed by atoms with van der Waals surface area (Å²) in [6, 6.07) is 16.1. The molecule has 0 saturated carbocycles. The Morgan fingerprint density at radius 1 is 1.10 bits per heavy atom. The van der Waals surface area contributed by atoms with Crippen LogP contribution >= 0.6 is 11.8 Å². The Hall–Kier alpha value is -2.60. The van der Waals surface area contributed by atoms with Crippen LogP contribution < -0.4 is 5.32 Å². The Balaban J connectivity index is 1.60. The standard InChI is InChI=1S/C24H29N3O2S/c1-6-16(2)19-9-7-8-10-20(19)25-21(28)15-30-23-27-26-22(29-23)17-11-13-18(14-12-17)24(3,4)5/h7-14,16H,6,15H2,1-5H3,(H,25,28)/t16-/m1/s1. The zero-order valence-corrected chi connectivity index (χ0v) is 19.0. The van der Waals surface area contributed by atoms with Gasteiger partial charge < -0.3 is 9.73 Å². The van der Waals surface area contributed by atoms with Crippen LogP contribution in [0.15, 0.2) is 58.2 Å². The zero-order valence-electron chi connectivity index (χ0n) is 18.2. The molecule has 0 fully saturated rings. The highest BCUT2D eigenvalue weighted by molar-refractivity contribution is 7.99. The second-order valence-electron chi connectivity index (χ2n) is 8.43. The first-order chi connectivity index (χ1) is 14.3. The van der Waals surface area contributed by atoms with Crippen molar-refractivity contribution in [3.8, 4) is 11.5 Å². The smallest absolute Gasteiger partial charge is 0.277 e. The fraction of sp³-hybridized carbons (Fsp3) is 0.375. The molecule has 5 nitrogen and oxygen atoms in total. The van der Waals surface area contributed by atoms with Gasteiger partial charge in [0.15, 0.2) is 0 Å². The van der Waals surface area contributed by atoms with Crippen molar-refractivity contribution < 1.29 is 9.21 Å². The molecule has 0 radical (unpaired) electrons. The van der Waals surface area contributed by atoms with Gasteiger partial charge in [-0.2, -0.15) is 0 Å². The third-order valence-electron chi connectivity index (χ3n) is 5.11. The van der Waals surface area contributed by atoms with Crippen molar-refractivity contribution >= 4 is 23.4 Å². The van der Waals surface area contributed by atoms with Crippen LogP contribution in [0.2, 0.25) is 0 Å². The third-order valence-corrected chi connectivity index (χ3v) is 5.93. The lowest BCUT2D eigenvalue weighted by atomic mass is 9.87. The van der Waals surface area contributed by atoms with Crippen LogP contribution in [0.3, 0.4) is 0 Å². The normalized spacial score (nSPS) is 12.6. The van der Waals surface area contributed by atoms with Gasteiger partial charge in [-0.05, 0) is 47.1 Å². The number of hydrogen-bond acceptors (Lipinski definition) is 5. The number of aromatic nitrogens is 2. The lowest BCUT2D eigenvalue weighted by Gasteiger charge is -2.18. The summed E-state index contributed by atoms with van der Waals surface area (Å²) in [5.74, 6) is 0.960. The van der Waals surface area contributed by atoms with E-state index < -0.39 is 0 Å². The topological polar surface area (TPSA) is 68.0 Å². The number of nitrogens with one attached hydrogen (secondary N) is 1. The molecule has 0 unspecified atom stereocenters. The molecule has 0 aliphatic heterocycles. The van der Waals surface area contributed by atoms with Gasteiger partial charge in [-0.15, -0.1) is 10.2 Å². The lowest BCUT2D eigenvalue weighted by Crippen LogP contribution is -2.15. The first-order valence-corrected chi connectivity index (χ1v) is 11.2. The van der Waals surface area contributed by atoms with Gasteiger partial charge in [0.05, 0.1) is 5.75 Å². The molecule has 3 rings (SSSR count). The molecule has 1 aromatic heterocycles. The van der Waals surface area contributed by atoms with E-state index in [4.69, 9.17) is 4.42 Å². The third kappa shape index (κ3) is 5.51. The average molecular weight is 424 g/mol. The summed E-state index contributed by atoms with van der Waals surface area (Å²) < 4.78 is 5.74. The van der Waals surface area contributed by atoms with Crippen LogP contribution in [0.4, 0.5) is 5.69 Å². The van der Waals surface area contributed by atoms with Crippen molar-refractivity contribution in [3.63, 3.8) is 0 Å². The molecule has 0 aliphatic carbocycles. The number of nitrogens with zero attached hydrogens (tertiary/aromatic N) is 2. The maximum Gasteiger partial charge on any atom is 0.277 e. The lowest BCUT2D eigenvalue weighted by molar-refractivity contribution is -0.113. The second-order valence-corrected chi connectivity index (χ2v) is 9.36. The van der Waals surface area contributed by atoms with E-state index in [2.05, 4.69) is 68.3 Å². The summed E-state index contributed by atoms with van der Waals surface area (Å²) in [6.45, 7) is 10.8. The Morgan fingerprint density at radius 2 is 1.80 bits per heavy atom. The van der Waals surface area contributed by atoms with Crippen molar-refractivity contribution in [3.05, 3.63) is 59.7 Å². The molecule has 1 N–H and O–H groups in total. The van der Waals surface area contributed by atoms with Gasteiger partial charge in [-0.3, -0.25) is 4.79 Å². The molecule has 0 spiro atoms. The predicted molar refractivity (Wildman–Crippen MR) is 123 cm³/mol. The van der Waals surface area contributed by atoms with Crippen LogP contribution in [0, 0.1) is 0 Å². The molecule has 0 bridgehead atoms. The van der Waals surface area contributed by atoms with Crippen LogP contribution in [-0.2, 0) is 10.2 Å². The Kier molecular flexibility index (Phi) is 6.98. The van der Waals surface area contributed by atoms with E-state index in [0.717, 1.165) is 23.2 Å². The Morgan fingerprint density at radius 3 is 2.47 bits per heavy atom. The number of para-hydroxylation sites is 1. The van der Waals surface area contributed by atoms with E-state index in [1.807, 2.05) is 30.3 Å². The van der Waals surface area contributed by atoms with E-state index in [9.17, 15) is 4.79 Å². The van der Waals surface area contributed by atoms with Gasteiger partial charge >= 0.3 is 0 Å². The SMILES string of the molecule is CC[C@@H](C)c1ccccc1NC(=O)CSc1nnc(-c2ccc(C(C)(C)C)cc2)o1. The zero-order chi connectivity index (χ0) is 21.7. The first-order valence-electron chi connectivity index (χ1n) is 10.2.